The van der Waals surface area contributed by atoms with Crippen molar-refractivity contribution >= 4 is 34.7 Å². The van der Waals surface area contributed by atoms with E-state index in [9.17, 15) is 14.4 Å². The summed E-state index contributed by atoms with van der Waals surface area (Å²) in [7, 11) is 0. The van der Waals surface area contributed by atoms with Gasteiger partial charge < -0.3 is 9.14 Å². The minimum absolute atomic E-state index is 0.0353. The van der Waals surface area contributed by atoms with Gasteiger partial charge in [-0.05, 0) is 93.5 Å². The van der Waals surface area contributed by atoms with Crippen LogP contribution in [0.5, 0.6) is 0 Å². The van der Waals surface area contributed by atoms with Crippen molar-refractivity contribution in [3.8, 4) is 0 Å². The van der Waals surface area contributed by atoms with Crippen LogP contribution in [0.3, 0.4) is 0 Å². The molecule has 1 aromatic carbocycles. The number of ketones is 2. The van der Waals surface area contributed by atoms with Crippen LogP contribution in [0.1, 0.15) is 90.9 Å². The van der Waals surface area contributed by atoms with Gasteiger partial charge in [0.15, 0.2) is 5.78 Å². The smallest absolute Gasteiger partial charge is 0.311 e. The van der Waals surface area contributed by atoms with Gasteiger partial charge in [-0.3, -0.25) is 14.4 Å². The number of halogens is 1. The molecule has 1 saturated carbocycles. The van der Waals surface area contributed by atoms with Gasteiger partial charge >= 0.3 is 5.97 Å². The van der Waals surface area contributed by atoms with E-state index in [1.54, 1.807) is 45.0 Å². The first-order valence-corrected chi connectivity index (χ1v) is 12.6. The van der Waals surface area contributed by atoms with Crippen LogP contribution in [0.15, 0.2) is 42.6 Å². The Morgan fingerprint density at radius 1 is 1.11 bits per heavy atom. The van der Waals surface area contributed by atoms with Crippen LogP contribution in [-0.2, 0) is 16.0 Å². The molecule has 0 saturated heterocycles. The topological polar surface area (TPSA) is 64.8 Å². The van der Waals surface area contributed by atoms with E-state index in [0.717, 1.165) is 23.9 Å². The van der Waals surface area contributed by atoms with E-state index in [2.05, 4.69) is 13.8 Å². The first-order valence-electron chi connectivity index (χ1n) is 12.2. The molecule has 5 nitrogen and oxygen atoms in total. The number of Topliss-reactive ketones (excluding diaryl/α,β-unsaturated/α-hetero) is 1. The third-order valence-electron chi connectivity index (χ3n) is 6.69. The van der Waals surface area contributed by atoms with E-state index in [4.69, 9.17) is 16.3 Å². The Balaban J connectivity index is 2.00. The first-order chi connectivity index (χ1) is 16.5. The Labute approximate surface area is 211 Å². The number of hydrogen-bond donors (Lipinski definition) is 0. The number of carbonyl (C=O) groups excluding carboxylic acids is 3. The molecule has 0 atom stereocenters. The average Bonchev–Trinajstić information content (AvgIpc) is 3.61. The zero-order valence-corrected chi connectivity index (χ0v) is 21.7. The number of nitrogens with zero attached hydrogens (tertiary/aromatic N) is 1. The predicted octanol–water partition coefficient (Wildman–Crippen LogP) is 6.67. The molecule has 0 unspecified atom stereocenters. The molecule has 0 amide bonds. The molecule has 6 heteroatoms. The maximum atomic E-state index is 13.9. The molecule has 0 bridgehead atoms. The Bertz CT molecular complexity index is 1300. The summed E-state index contributed by atoms with van der Waals surface area (Å²) in [4.78, 5) is 40.4. The summed E-state index contributed by atoms with van der Waals surface area (Å²) in [6.07, 6.45) is 3.79. The van der Waals surface area contributed by atoms with Gasteiger partial charge in [-0.25, -0.2) is 0 Å². The number of esters is 1. The molecular formula is C29H32ClNO4. The van der Waals surface area contributed by atoms with Gasteiger partial charge in [-0.2, -0.15) is 0 Å². The number of pyridine rings is 1. The summed E-state index contributed by atoms with van der Waals surface area (Å²) in [5.41, 5.74) is 2.95. The fourth-order valence-electron chi connectivity index (χ4n) is 4.50. The molecule has 0 aliphatic heterocycles. The standard InChI is InChI=1S/C29H32ClNO4/c1-6-35-28(34)29(4,5)16-22-24(26(32)18-7-8-18)23-15-20(17(2)3)13-14-31(23)25(22)27(33)19-9-11-21(30)12-10-19/h9-15,17-18H,6-8,16H2,1-5H3. The van der Waals surface area contributed by atoms with E-state index in [-0.39, 0.29) is 42.4 Å². The number of aromatic nitrogens is 1. The maximum absolute atomic E-state index is 13.9. The second-order valence-corrected chi connectivity index (χ2v) is 10.8. The summed E-state index contributed by atoms with van der Waals surface area (Å²) in [5.74, 6) is -0.292. The van der Waals surface area contributed by atoms with Gasteiger partial charge in [0.1, 0.15) is 0 Å². The summed E-state index contributed by atoms with van der Waals surface area (Å²) >= 11 is 6.06. The Morgan fingerprint density at radius 2 is 1.77 bits per heavy atom. The third kappa shape index (κ3) is 4.92. The molecule has 2 heterocycles. The largest absolute Gasteiger partial charge is 0.466 e. The van der Waals surface area contributed by atoms with Gasteiger partial charge in [-0.15, -0.1) is 0 Å². The van der Waals surface area contributed by atoms with E-state index in [1.165, 1.54) is 0 Å². The van der Waals surface area contributed by atoms with Gasteiger partial charge in [0.2, 0.25) is 5.78 Å². The number of benzene rings is 1. The van der Waals surface area contributed by atoms with E-state index in [0.29, 0.717) is 27.4 Å². The number of rotatable bonds is 9. The van der Waals surface area contributed by atoms with Crippen molar-refractivity contribution in [2.75, 3.05) is 6.61 Å². The Kier molecular flexibility index (Phi) is 6.92. The second kappa shape index (κ2) is 9.62. The Morgan fingerprint density at radius 3 is 2.34 bits per heavy atom. The van der Waals surface area contributed by atoms with E-state index >= 15 is 0 Å². The fraction of sp³-hybridized carbons (Fsp3) is 0.414. The highest BCUT2D eigenvalue weighted by Gasteiger charge is 2.39. The van der Waals surface area contributed by atoms with Crippen LogP contribution in [0.25, 0.3) is 5.52 Å². The molecule has 1 fully saturated rings. The molecule has 1 aliphatic rings. The molecule has 184 valence electrons. The summed E-state index contributed by atoms with van der Waals surface area (Å²) in [5, 5.41) is 0.538. The van der Waals surface area contributed by atoms with Gasteiger partial charge in [0.05, 0.1) is 23.2 Å². The highest BCUT2D eigenvalue weighted by molar-refractivity contribution is 6.30. The fourth-order valence-corrected chi connectivity index (χ4v) is 4.63. The SMILES string of the molecule is CCOC(=O)C(C)(C)Cc1c(C(=O)C2CC2)c2cc(C(C)C)ccn2c1C(=O)c1ccc(Cl)cc1. The number of ether oxygens (including phenoxy) is 1. The predicted molar refractivity (Wildman–Crippen MR) is 138 cm³/mol. The minimum atomic E-state index is -0.921. The molecule has 35 heavy (non-hydrogen) atoms. The van der Waals surface area contributed by atoms with Gasteiger partial charge in [0.25, 0.3) is 0 Å². The zero-order chi connectivity index (χ0) is 25.5. The van der Waals surface area contributed by atoms with Crippen molar-refractivity contribution in [1.82, 2.24) is 4.40 Å². The van der Waals surface area contributed by atoms with E-state index < -0.39 is 5.41 Å². The molecular weight excluding hydrogens is 462 g/mol. The van der Waals surface area contributed by atoms with Crippen LogP contribution in [-0.4, -0.2) is 28.5 Å². The van der Waals surface area contributed by atoms with Crippen molar-refractivity contribution in [1.29, 1.82) is 0 Å². The molecule has 0 spiro atoms. The van der Waals surface area contributed by atoms with E-state index in [1.807, 2.05) is 22.7 Å². The summed E-state index contributed by atoms with van der Waals surface area (Å²) in [6, 6.07) is 10.7. The van der Waals surface area contributed by atoms with Crippen molar-refractivity contribution in [3.63, 3.8) is 0 Å². The molecule has 1 aliphatic carbocycles. The zero-order valence-electron chi connectivity index (χ0n) is 21.0. The van der Waals surface area contributed by atoms with Crippen LogP contribution in [0, 0.1) is 11.3 Å². The highest BCUT2D eigenvalue weighted by atomic mass is 35.5. The normalized spacial score (nSPS) is 13.9. The molecule has 0 N–H and O–H groups in total. The van der Waals surface area contributed by atoms with Crippen molar-refractivity contribution in [2.24, 2.45) is 11.3 Å². The summed E-state index contributed by atoms with van der Waals surface area (Å²) in [6.45, 7) is 9.83. The number of carbonyl (C=O) groups is 3. The van der Waals surface area contributed by atoms with Gasteiger partial charge in [0, 0.05) is 28.3 Å². The Hall–Kier alpha value is -2.92. The maximum Gasteiger partial charge on any atom is 0.311 e. The van der Waals surface area contributed by atoms with Crippen molar-refractivity contribution < 1.29 is 19.1 Å². The summed E-state index contributed by atoms with van der Waals surface area (Å²) < 4.78 is 7.16. The van der Waals surface area contributed by atoms with Crippen LogP contribution >= 0.6 is 11.6 Å². The molecule has 2 aromatic heterocycles. The van der Waals surface area contributed by atoms with Crippen molar-refractivity contribution in [2.45, 2.75) is 59.8 Å². The lowest BCUT2D eigenvalue weighted by atomic mass is 9.82. The van der Waals surface area contributed by atoms with Crippen molar-refractivity contribution in [3.05, 3.63) is 75.6 Å². The third-order valence-corrected chi connectivity index (χ3v) is 6.95. The van der Waals surface area contributed by atoms with Crippen LogP contribution < -0.4 is 0 Å². The molecule has 4 rings (SSSR count). The van der Waals surface area contributed by atoms with Crippen LogP contribution in [0.2, 0.25) is 5.02 Å². The van der Waals surface area contributed by atoms with Gasteiger partial charge in [-0.1, -0.05) is 25.4 Å². The number of fused-ring (bicyclic) bond motifs is 1. The average molecular weight is 494 g/mol. The molecule has 0 radical (unpaired) electrons. The monoisotopic (exact) mass is 493 g/mol. The molecule has 3 aromatic rings. The number of hydrogen-bond acceptors (Lipinski definition) is 4. The lowest BCUT2D eigenvalue weighted by Crippen LogP contribution is -2.30. The first kappa shape index (κ1) is 25.2. The lowest BCUT2D eigenvalue weighted by Gasteiger charge is -2.23. The quantitative estimate of drug-likeness (QED) is 0.246. The minimum Gasteiger partial charge on any atom is -0.466 e. The lowest BCUT2D eigenvalue weighted by molar-refractivity contribution is -0.153. The second-order valence-electron chi connectivity index (χ2n) is 10.3. The van der Waals surface area contributed by atoms with Crippen LogP contribution in [0.4, 0.5) is 0 Å². The highest BCUT2D eigenvalue weighted by Crippen LogP contribution is 2.40.